The second-order valence-corrected chi connectivity index (χ2v) is 18.3. The lowest BCUT2D eigenvalue weighted by Crippen LogP contribution is -2.70. The quantitative estimate of drug-likeness (QED) is 0.0206. The van der Waals surface area contributed by atoms with Crippen LogP contribution in [0.3, 0.4) is 0 Å². The molecule has 8 rings (SSSR count). The van der Waals surface area contributed by atoms with Gasteiger partial charge in [0.25, 0.3) is 11.4 Å². The van der Waals surface area contributed by atoms with Crippen molar-refractivity contribution in [3.63, 3.8) is 0 Å². The first-order chi connectivity index (χ1) is 34.6. The number of carbonyl (C=O) groups is 1. The topological polar surface area (TPSA) is 206 Å². The van der Waals surface area contributed by atoms with E-state index < -0.39 is 39.6 Å². The fourth-order valence-electron chi connectivity index (χ4n) is 10.5. The zero-order valence-corrected chi connectivity index (χ0v) is 39.9. The fourth-order valence-corrected chi connectivity index (χ4v) is 10.6. The number of fused-ring (bicyclic) bond motifs is 3. The fraction of sp³-hybridized carbons (Fsp3) is 0.370. The van der Waals surface area contributed by atoms with Crippen LogP contribution in [-0.4, -0.2) is 80.9 Å². The van der Waals surface area contributed by atoms with Crippen LogP contribution in [0, 0.1) is 38.0 Å². The van der Waals surface area contributed by atoms with E-state index in [0.29, 0.717) is 61.3 Å². The van der Waals surface area contributed by atoms with Crippen molar-refractivity contribution in [3.8, 4) is 17.2 Å². The molecule has 5 aromatic rings. The van der Waals surface area contributed by atoms with Crippen LogP contribution in [0.1, 0.15) is 67.6 Å². The van der Waals surface area contributed by atoms with E-state index in [1.807, 2.05) is 48.5 Å². The number of allylic oxidation sites excluding steroid dienone is 1. The average molecular weight is 990 g/mol. The number of nitro benzene ring substituents is 2. The SMILES string of the molecule is C=CCO[C@@]12Oc3ccc(Oc4cccc([N+](=O)[O-])c4)cc3[C@H]3[C@H](CCCCO)[C@@H](CCCCO)C=C(C(=NOCc4ccc([N+](=O)[O-])cc4)C[C@@H]1N(Cc1cccc4ccccc14)C(=O)OCCCl)[C@H]32. The second-order valence-electron chi connectivity index (χ2n) is 17.9. The summed E-state index contributed by atoms with van der Waals surface area (Å²) in [5, 5.41) is 50.1. The molecule has 372 valence electrons. The summed E-state index contributed by atoms with van der Waals surface area (Å²) in [7, 11) is 0. The van der Waals surface area contributed by atoms with Crippen molar-refractivity contribution >= 4 is 45.6 Å². The minimum atomic E-state index is -1.63. The number of nitro groups is 2. The maximum Gasteiger partial charge on any atom is 0.410 e. The molecule has 1 amide bonds. The number of rotatable bonds is 23. The zero-order valence-electron chi connectivity index (χ0n) is 39.2. The molecule has 0 bridgehead atoms. The van der Waals surface area contributed by atoms with E-state index in [0.717, 1.165) is 27.5 Å². The first-order valence-electron chi connectivity index (χ1n) is 23.9. The number of nitrogens with zero attached hydrogens (tertiary/aromatic N) is 4. The van der Waals surface area contributed by atoms with Gasteiger partial charge in [0.1, 0.15) is 36.5 Å². The number of ether oxygens (including phenoxy) is 4. The summed E-state index contributed by atoms with van der Waals surface area (Å²) in [6.45, 7) is 4.05. The molecule has 2 N–H and O–H groups in total. The van der Waals surface area contributed by atoms with Gasteiger partial charge in [0.15, 0.2) is 0 Å². The highest BCUT2D eigenvalue weighted by Crippen LogP contribution is 2.62. The predicted molar refractivity (Wildman–Crippen MR) is 268 cm³/mol. The van der Waals surface area contributed by atoms with Gasteiger partial charge in [-0.1, -0.05) is 78.7 Å². The van der Waals surface area contributed by atoms with Crippen molar-refractivity contribution in [2.75, 3.05) is 32.3 Å². The number of unbranched alkanes of at least 4 members (excludes halogenated alkanes) is 2. The average Bonchev–Trinajstić information content (AvgIpc) is 3.38. The van der Waals surface area contributed by atoms with Gasteiger partial charge in [-0.15, -0.1) is 18.2 Å². The number of carbonyl (C=O) groups excluding carboxylic acids is 1. The number of aliphatic hydroxyl groups excluding tert-OH is 2. The molecule has 1 aliphatic heterocycles. The van der Waals surface area contributed by atoms with Gasteiger partial charge in [-0.25, -0.2) is 4.79 Å². The summed E-state index contributed by atoms with van der Waals surface area (Å²) in [5.74, 6) is -1.74. The van der Waals surface area contributed by atoms with E-state index in [9.17, 15) is 35.2 Å². The number of hydrogen-bond acceptors (Lipinski definition) is 13. The maximum absolute atomic E-state index is 14.9. The third-order valence-electron chi connectivity index (χ3n) is 13.6. The third kappa shape index (κ3) is 11.2. The second kappa shape index (κ2) is 23.4. The largest absolute Gasteiger partial charge is 0.459 e. The van der Waals surface area contributed by atoms with Crippen LogP contribution in [0.25, 0.3) is 10.8 Å². The standard InChI is InChI=1S/C54H57ClN4O12/c1-2-28-68-54-50(57(53(62)67-29-25-55)34-39-14-9-13-37-11-3-4-17-44(37)39)33-48(56-69-35-36-19-21-40(22-20-36)58(63)64)46-30-38(12-5-7-26-60)45(18-6-8-27-61)51(52(46)54)47-32-43(23-24-49(47)71-54)70-42-16-10-15-41(31-42)59(65)66/h2-4,9-11,13-17,19-24,30-32,38,45,50-52,60-61H,1,5-8,12,18,25-29,33-35H2/t38-,45+,50-,51+,52+,54+/m0/s1. The summed E-state index contributed by atoms with van der Waals surface area (Å²) in [6, 6.07) is 30.3. The van der Waals surface area contributed by atoms with E-state index in [4.69, 9.17) is 40.5 Å². The highest BCUT2D eigenvalue weighted by molar-refractivity contribution is 6.18. The van der Waals surface area contributed by atoms with Crippen LogP contribution in [0.2, 0.25) is 0 Å². The number of hydrogen-bond donors (Lipinski definition) is 2. The van der Waals surface area contributed by atoms with Gasteiger partial charge in [-0.3, -0.25) is 25.1 Å². The number of aliphatic hydroxyl groups is 2. The van der Waals surface area contributed by atoms with E-state index in [2.05, 4.69) is 12.7 Å². The number of non-ortho nitro benzene ring substituents is 2. The lowest BCUT2D eigenvalue weighted by molar-refractivity contribution is -0.385. The van der Waals surface area contributed by atoms with E-state index in [1.165, 1.54) is 24.3 Å². The maximum atomic E-state index is 14.9. The van der Waals surface area contributed by atoms with Crippen LogP contribution in [0.15, 0.2) is 139 Å². The molecule has 16 nitrogen and oxygen atoms in total. The monoisotopic (exact) mass is 988 g/mol. The van der Waals surface area contributed by atoms with Crippen molar-refractivity contribution in [2.24, 2.45) is 22.9 Å². The van der Waals surface area contributed by atoms with Crippen molar-refractivity contribution < 1.29 is 48.6 Å². The Balaban J connectivity index is 1.35. The Morgan fingerprint density at radius 3 is 2.37 bits per heavy atom. The lowest BCUT2D eigenvalue weighted by Gasteiger charge is -2.59. The van der Waals surface area contributed by atoms with Gasteiger partial charge in [0.05, 0.1) is 46.6 Å². The number of oxime groups is 1. The van der Waals surface area contributed by atoms with Gasteiger partial charge in [-0.2, -0.15) is 0 Å². The summed E-state index contributed by atoms with van der Waals surface area (Å²) < 4.78 is 26.8. The van der Waals surface area contributed by atoms with Crippen molar-refractivity contribution in [2.45, 2.75) is 75.8 Å². The van der Waals surface area contributed by atoms with E-state index in [1.54, 1.807) is 47.4 Å². The minimum Gasteiger partial charge on any atom is -0.459 e. The molecule has 6 atom stereocenters. The number of amides is 1. The first kappa shape index (κ1) is 50.5. The van der Waals surface area contributed by atoms with Gasteiger partial charge in [0, 0.05) is 49.3 Å². The molecule has 1 saturated carbocycles. The zero-order chi connectivity index (χ0) is 49.9. The van der Waals surface area contributed by atoms with Crippen LogP contribution >= 0.6 is 11.6 Å². The van der Waals surface area contributed by atoms with Gasteiger partial charge >= 0.3 is 6.09 Å². The number of halogens is 1. The minimum absolute atomic E-state index is 0.00286. The molecule has 0 radical (unpaired) electrons. The molecule has 71 heavy (non-hydrogen) atoms. The molecule has 1 fully saturated rings. The molecule has 0 spiro atoms. The number of benzene rings is 5. The molecule has 0 saturated heterocycles. The summed E-state index contributed by atoms with van der Waals surface area (Å²) >= 11 is 6.17. The Bertz CT molecular complexity index is 2760. The summed E-state index contributed by atoms with van der Waals surface area (Å²) in [4.78, 5) is 45.0. The Hall–Kier alpha value is -6.85. The first-order valence-corrected chi connectivity index (χ1v) is 24.4. The Kier molecular flexibility index (Phi) is 16.6. The molecular formula is C54H57ClN4O12. The molecule has 0 aromatic heterocycles. The highest BCUT2D eigenvalue weighted by atomic mass is 35.5. The Morgan fingerprint density at radius 1 is 0.887 bits per heavy atom. The van der Waals surface area contributed by atoms with Crippen molar-refractivity contribution in [3.05, 3.63) is 170 Å². The predicted octanol–water partition coefficient (Wildman–Crippen LogP) is 11.2. The molecule has 17 heteroatoms. The summed E-state index contributed by atoms with van der Waals surface area (Å²) in [5.41, 5.74) is 3.37. The summed E-state index contributed by atoms with van der Waals surface area (Å²) in [6.07, 6.45) is 7.18. The number of alkyl halides is 1. The molecule has 0 unspecified atom stereocenters. The van der Waals surface area contributed by atoms with Crippen LogP contribution < -0.4 is 9.47 Å². The molecule has 2 aliphatic carbocycles. The normalized spacial score (nSPS) is 21.5. The van der Waals surface area contributed by atoms with E-state index in [-0.39, 0.29) is 80.8 Å². The van der Waals surface area contributed by atoms with Crippen LogP contribution in [0.5, 0.6) is 17.2 Å². The Morgan fingerprint density at radius 2 is 1.62 bits per heavy atom. The van der Waals surface area contributed by atoms with Crippen LogP contribution in [0.4, 0.5) is 16.2 Å². The molecule has 5 aromatic carbocycles. The van der Waals surface area contributed by atoms with Crippen molar-refractivity contribution in [1.82, 2.24) is 4.90 Å². The third-order valence-corrected chi connectivity index (χ3v) is 13.8. The van der Waals surface area contributed by atoms with Crippen molar-refractivity contribution in [1.29, 1.82) is 0 Å². The van der Waals surface area contributed by atoms with E-state index >= 15 is 0 Å². The van der Waals surface area contributed by atoms with Crippen LogP contribution in [-0.2, 0) is 27.5 Å². The van der Waals surface area contributed by atoms with Gasteiger partial charge in [-0.05, 0) is 101 Å². The highest BCUT2D eigenvalue weighted by Gasteiger charge is 2.65. The molecular weight excluding hydrogens is 932 g/mol. The molecule has 3 aliphatic rings. The lowest BCUT2D eigenvalue weighted by atomic mass is 9.55. The molecule has 1 heterocycles. The van der Waals surface area contributed by atoms with Gasteiger partial charge < -0.3 is 34.0 Å². The smallest absolute Gasteiger partial charge is 0.410 e. The Labute approximate surface area is 416 Å². The van der Waals surface area contributed by atoms with Gasteiger partial charge in [0.2, 0.25) is 5.79 Å².